The van der Waals surface area contributed by atoms with Gasteiger partial charge < -0.3 is 9.64 Å². The van der Waals surface area contributed by atoms with Crippen molar-refractivity contribution in [2.75, 3.05) is 25.1 Å². The molecule has 6 heteroatoms. The number of benzene rings is 3. The highest BCUT2D eigenvalue weighted by Gasteiger charge is 2.15. The molecule has 5 nitrogen and oxygen atoms in total. The molecule has 1 aliphatic heterocycles. The summed E-state index contributed by atoms with van der Waals surface area (Å²) >= 11 is 0. The molecule has 1 heterocycles. The SMILES string of the molecule is COc1cc2ccccc2cc1C(=O)NN=Cc1ccc(N2CCCCC2)c(F)c1. The van der Waals surface area contributed by atoms with Crippen molar-refractivity contribution >= 4 is 28.6 Å². The fourth-order valence-corrected chi connectivity index (χ4v) is 3.79. The quantitative estimate of drug-likeness (QED) is 0.493. The zero-order valence-electron chi connectivity index (χ0n) is 16.9. The maximum absolute atomic E-state index is 14.5. The van der Waals surface area contributed by atoms with Gasteiger partial charge in [-0.25, -0.2) is 9.82 Å². The molecule has 1 saturated heterocycles. The first-order chi connectivity index (χ1) is 14.7. The number of anilines is 1. The number of ether oxygens (including phenoxy) is 1. The Morgan fingerprint density at radius 3 is 2.50 bits per heavy atom. The summed E-state index contributed by atoms with van der Waals surface area (Å²) in [6.07, 6.45) is 4.82. The lowest BCUT2D eigenvalue weighted by Crippen LogP contribution is -2.30. The van der Waals surface area contributed by atoms with Gasteiger partial charge in [-0.2, -0.15) is 5.10 Å². The summed E-state index contributed by atoms with van der Waals surface area (Å²) in [5.41, 5.74) is 4.10. The van der Waals surface area contributed by atoms with E-state index in [1.54, 1.807) is 18.2 Å². The van der Waals surface area contributed by atoms with Crippen molar-refractivity contribution < 1.29 is 13.9 Å². The summed E-state index contributed by atoms with van der Waals surface area (Å²) in [4.78, 5) is 14.7. The smallest absolute Gasteiger partial charge is 0.275 e. The van der Waals surface area contributed by atoms with Crippen molar-refractivity contribution in [3.05, 3.63) is 71.5 Å². The Hall–Kier alpha value is -3.41. The van der Waals surface area contributed by atoms with Crippen LogP contribution >= 0.6 is 0 Å². The highest BCUT2D eigenvalue weighted by Crippen LogP contribution is 2.26. The number of nitrogens with one attached hydrogen (secondary N) is 1. The number of hydrogen-bond acceptors (Lipinski definition) is 4. The lowest BCUT2D eigenvalue weighted by molar-refractivity contribution is 0.0952. The Labute approximate surface area is 175 Å². The second-order valence-corrected chi connectivity index (χ2v) is 7.36. The van der Waals surface area contributed by atoms with Crippen LogP contribution in [0, 0.1) is 5.82 Å². The van der Waals surface area contributed by atoms with Crippen molar-refractivity contribution in [1.29, 1.82) is 0 Å². The third-order valence-corrected chi connectivity index (χ3v) is 5.36. The van der Waals surface area contributed by atoms with Crippen molar-refractivity contribution in [1.82, 2.24) is 5.43 Å². The molecule has 0 spiro atoms. The van der Waals surface area contributed by atoms with Gasteiger partial charge in [0.1, 0.15) is 11.6 Å². The fourth-order valence-electron chi connectivity index (χ4n) is 3.79. The van der Waals surface area contributed by atoms with E-state index in [2.05, 4.69) is 15.4 Å². The van der Waals surface area contributed by atoms with Crippen LogP contribution in [0.15, 0.2) is 59.7 Å². The van der Waals surface area contributed by atoms with Crippen LogP contribution in [-0.2, 0) is 0 Å². The molecule has 4 rings (SSSR count). The van der Waals surface area contributed by atoms with E-state index in [1.165, 1.54) is 25.8 Å². The number of nitrogens with zero attached hydrogens (tertiary/aromatic N) is 2. The Balaban J connectivity index is 1.47. The van der Waals surface area contributed by atoms with E-state index in [9.17, 15) is 9.18 Å². The highest BCUT2D eigenvalue weighted by molar-refractivity contribution is 6.02. The standard InChI is InChI=1S/C24H24FN3O2/c1-30-23-15-19-8-4-3-7-18(19)14-20(23)24(29)27-26-16-17-9-10-22(21(25)13-17)28-11-5-2-6-12-28/h3-4,7-10,13-16H,2,5-6,11-12H2,1H3,(H,27,29). The number of amides is 1. The summed E-state index contributed by atoms with van der Waals surface area (Å²) in [5, 5.41) is 5.91. The fraction of sp³-hybridized carbons (Fsp3) is 0.250. The van der Waals surface area contributed by atoms with Gasteiger partial charge in [0.2, 0.25) is 0 Å². The van der Waals surface area contributed by atoms with E-state index in [0.29, 0.717) is 22.6 Å². The molecule has 154 valence electrons. The molecule has 0 bridgehead atoms. The third-order valence-electron chi connectivity index (χ3n) is 5.36. The number of hydrazone groups is 1. The summed E-state index contributed by atoms with van der Waals surface area (Å²) in [6.45, 7) is 1.77. The van der Waals surface area contributed by atoms with Gasteiger partial charge in [0.15, 0.2) is 0 Å². The first-order valence-corrected chi connectivity index (χ1v) is 10.1. The second-order valence-electron chi connectivity index (χ2n) is 7.36. The average Bonchev–Trinajstić information content (AvgIpc) is 2.78. The highest BCUT2D eigenvalue weighted by atomic mass is 19.1. The summed E-state index contributed by atoms with van der Waals surface area (Å²) < 4.78 is 19.9. The van der Waals surface area contributed by atoms with Crippen LogP contribution in [0.25, 0.3) is 10.8 Å². The van der Waals surface area contributed by atoms with E-state index < -0.39 is 0 Å². The Kier molecular flexibility index (Phi) is 5.93. The largest absolute Gasteiger partial charge is 0.496 e. The van der Waals surface area contributed by atoms with E-state index >= 15 is 0 Å². The molecule has 0 saturated carbocycles. The molecule has 0 aliphatic carbocycles. The molecule has 0 atom stereocenters. The lowest BCUT2D eigenvalue weighted by atomic mass is 10.1. The minimum atomic E-state index is -0.390. The van der Waals surface area contributed by atoms with Crippen LogP contribution in [0.5, 0.6) is 5.75 Å². The molecular weight excluding hydrogens is 381 g/mol. The topological polar surface area (TPSA) is 53.9 Å². The summed E-state index contributed by atoms with van der Waals surface area (Å²) in [7, 11) is 1.52. The predicted molar refractivity (Wildman–Crippen MR) is 118 cm³/mol. The van der Waals surface area contributed by atoms with Gasteiger partial charge >= 0.3 is 0 Å². The number of fused-ring (bicyclic) bond motifs is 1. The molecule has 30 heavy (non-hydrogen) atoms. The number of halogens is 1. The van der Waals surface area contributed by atoms with E-state index in [-0.39, 0.29) is 11.7 Å². The Bertz CT molecular complexity index is 1090. The first-order valence-electron chi connectivity index (χ1n) is 10.1. The molecular formula is C24H24FN3O2. The van der Waals surface area contributed by atoms with Gasteiger partial charge in [-0.15, -0.1) is 0 Å². The van der Waals surface area contributed by atoms with Gasteiger partial charge in [-0.3, -0.25) is 4.79 Å². The Morgan fingerprint density at radius 1 is 1.07 bits per heavy atom. The number of carbonyl (C=O) groups is 1. The zero-order valence-corrected chi connectivity index (χ0v) is 16.9. The van der Waals surface area contributed by atoms with Crippen LogP contribution < -0.4 is 15.1 Å². The first kappa shape index (κ1) is 19.9. The monoisotopic (exact) mass is 405 g/mol. The molecule has 0 unspecified atom stereocenters. The van der Waals surface area contributed by atoms with Crippen molar-refractivity contribution in [3.8, 4) is 5.75 Å². The molecule has 1 aliphatic rings. The zero-order chi connectivity index (χ0) is 20.9. The van der Waals surface area contributed by atoms with Crippen LogP contribution in [0.2, 0.25) is 0 Å². The minimum Gasteiger partial charge on any atom is -0.496 e. The molecule has 1 fully saturated rings. The van der Waals surface area contributed by atoms with Gasteiger partial charge in [-0.1, -0.05) is 30.3 Å². The van der Waals surface area contributed by atoms with Crippen LogP contribution in [0.3, 0.4) is 0 Å². The number of rotatable bonds is 5. The predicted octanol–water partition coefficient (Wildman–Crippen LogP) is 4.74. The summed E-state index contributed by atoms with van der Waals surface area (Å²) in [6, 6.07) is 16.3. The second kappa shape index (κ2) is 8.95. The molecule has 1 N–H and O–H groups in total. The normalized spacial score (nSPS) is 14.3. The average molecular weight is 405 g/mol. The number of piperidine rings is 1. The maximum atomic E-state index is 14.5. The number of hydrogen-bond donors (Lipinski definition) is 1. The minimum absolute atomic E-state index is 0.275. The van der Waals surface area contributed by atoms with Gasteiger partial charge in [0.05, 0.1) is 24.6 Å². The number of carbonyl (C=O) groups excluding carboxylic acids is 1. The van der Waals surface area contributed by atoms with E-state index in [1.807, 2.05) is 30.3 Å². The van der Waals surface area contributed by atoms with Gasteiger partial charge in [-0.05, 0) is 59.9 Å². The lowest BCUT2D eigenvalue weighted by Gasteiger charge is -2.29. The van der Waals surface area contributed by atoms with Gasteiger partial charge in [0.25, 0.3) is 5.91 Å². The van der Waals surface area contributed by atoms with Crippen LogP contribution in [0.1, 0.15) is 35.2 Å². The van der Waals surface area contributed by atoms with Crippen molar-refractivity contribution in [3.63, 3.8) is 0 Å². The van der Waals surface area contributed by atoms with Gasteiger partial charge in [0, 0.05) is 13.1 Å². The van der Waals surface area contributed by atoms with E-state index in [0.717, 1.165) is 36.7 Å². The molecule has 3 aromatic carbocycles. The van der Waals surface area contributed by atoms with Crippen LogP contribution in [0.4, 0.5) is 10.1 Å². The van der Waals surface area contributed by atoms with Crippen molar-refractivity contribution in [2.24, 2.45) is 5.10 Å². The van der Waals surface area contributed by atoms with Crippen LogP contribution in [-0.4, -0.2) is 32.3 Å². The third kappa shape index (κ3) is 4.27. The van der Waals surface area contributed by atoms with Crippen molar-refractivity contribution in [2.45, 2.75) is 19.3 Å². The molecule has 0 radical (unpaired) electrons. The maximum Gasteiger partial charge on any atom is 0.275 e. The molecule has 0 aromatic heterocycles. The molecule has 3 aromatic rings. The van der Waals surface area contributed by atoms with E-state index in [4.69, 9.17) is 4.74 Å². The molecule has 1 amide bonds. The summed E-state index contributed by atoms with van der Waals surface area (Å²) in [5.74, 6) is -0.194. The number of methoxy groups -OCH3 is 1. The Morgan fingerprint density at radius 2 is 1.80 bits per heavy atom.